The van der Waals surface area contributed by atoms with Crippen LogP contribution in [-0.2, 0) is 16.1 Å². The molecule has 2 aromatic carbocycles. The first-order chi connectivity index (χ1) is 12.5. The van der Waals surface area contributed by atoms with Crippen molar-refractivity contribution < 1.29 is 18.7 Å². The van der Waals surface area contributed by atoms with Crippen molar-refractivity contribution in [2.45, 2.75) is 6.54 Å². The number of pyridine rings is 1. The molecule has 132 valence electrons. The number of carbonyl (C=O) groups is 2. The maximum absolute atomic E-state index is 13.6. The van der Waals surface area contributed by atoms with E-state index in [1.165, 1.54) is 18.0 Å². The first-order valence-corrected chi connectivity index (χ1v) is 8.05. The van der Waals surface area contributed by atoms with Crippen molar-refractivity contribution in [2.75, 3.05) is 13.7 Å². The summed E-state index contributed by atoms with van der Waals surface area (Å²) in [6.45, 7) is -0.338. The van der Waals surface area contributed by atoms with Crippen LogP contribution in [0.15, 0.2) is 60.7 Å². The predicted octanol–water partition coefficient (Wildman–Crippen LogP) is 3.19. The number of amides is 1. The van der Waals surface area contributed by atoms with Crippen molar-refractivity contribution in [3.63, 3.8) is 0 Å². The Morgan fingerprint density at radius 2 is 1.77 bits per heavy atom. The molecule has 0 fully saturated rings. The summed E-state index contributed by atoms with van der Waals surface area (Å²) in [6.07, 6.45) is 0. The Kier molecular flexibility index (Phi) is 5.22. The lowest BCUT2D eigenvalue weighted by Crippen LogP contribution is -2.31. The van der Waals surface area contributed by atoms with Crippen LogP contribution >= 0.6 is 0 Å². The molecule has 0 N–H and O–H groups in total. The Bertz CT molecular complexity index is 958. The summed E-state index contributed by atoms with van der Waals surface area (Å²) in [5.74, 6) is -1.49. The first-order valence-electron chi connectivity index (χ1n) is 8.05. The van der Waals surface area contributed by atoms with Gasteiger partial charge in [0.05, 0.1) is 5.52 Å². The van der Waals surface area contributed by atoms with Gasteiger partial charge in [0, 0.05) is 24.5 Å². The zero-order chi connectivity index (χ0) is 18.5. The van der Waals surface area contributed by atoms with Crippen molar-refractivity contribution in [3.8, 4) is 0 Å². The lowest BCUT2D eigenvalue weighted by atomic mass is 10.2. The summed E-state index contributed by atoms with van der Waals surface area (Å²) in [5, 5.41) is 0.907. The van der Waals surface area contributed by atoms with Gasteiger partial charge in [0.15, 0.2) is 6.61 Å². The smallest absolute Gasteiger partial charge is 0.357 e. The number of esters is 1. The molecule has 0 aliphatic rings. The molecule has 1 aromatic heterocycles. The number of carbonyl (C=O) groups excluding carboxylic acids is 2. The lowest BCUT2D eigenvalue weighted by molar-refractivity contribution is -0.133. The van der Waals surface area contributed by atoms with E-state index in [1.807, 2.05) is 18.2 Å². The third kappa shape index (κ3) is 4.03. The molecule has 26 heavy (non-hydrogen) atoms. The van der Waals surface area contributed by atoms with Gasteiger partial charge in [-0.25, -0.2) is 14.2 Å². The van der Waals surface area contributed by atoms with E-state index < -0.39 is 18.5 Å². The van der Waals surface area contributed by atoms with Crippen LogP contribution in [0.2, 0.25) is 0 Å². The average Bonchev–Trinajstić information content (AvgIpc) is 2.67. The molecule has 6 heteroatoms. The summed E-state index contributed by atoms with van der Waals surface area (Å²) in [5.41, 5.74) is 1.20. The van der Waals surface area contributed by atoms with Gasteiger partial charge in [0.25, 0.3) is 5.91 Å². The van der Waals surface area contributed by atoms with Crippen molar-refractivity contribution in [1.29, 1.82) is 0 Å². The van der Waals surface area contributed by atoms with Crippen LogP contribution in [0.3, 0.4) is 0 Å². The number of ether oxygens (including phenoxy) is 1. The molecule has 5 nitrogen and oxygen atoms in total. The zero-order valence-corrected chi connectivity index (χ0v) is 14.2. The number of para-hydroxylation sites is 1. The summed E-state index contributed by atoms with van der Waals surface area (Å²) in [4.78, 5) is 29.8. The zero-order valence-electron chi connectivity index (χ0n) is 14.2. The van der Waals surface area contributed by atoms with E-state index in [9.17, 15) is 14.0 Å². The minimum Gasteiger partial charge on any atom is -0.451 e. The molecule has 1 amide bonds. The van der Waals surface area contributed by atoms with Gasteiger partial charge in [0.1, 0.15) is 11.5 Å². The highest BCUT2D eigenvalue weighted by molar-refractivity contribution is 5.92. The number of hydrogen-bond acceptors (Lipinski definition) is 4. The van der Waals surface area contributed by atoms with E-state index in [4.69, 9.17) is 4.74 Å². The maximum Gasteiger partial charge on any atom is 0.357 e. The minimum absolute atomic E-state index is 0.0945. The van der Waals surface area contributed by atoms with Crippen LogP contribution in [-0.4, -0.2) is 35.4 Å². The molecule has 1 heterocycles. The van der Waals surface area contributed by atoms with Gasteiger partial charge >= 0.3 is 5.97 Å². The highest BCUT2D eigenvalue weighted by Gasteiger charge is 2.16. The van der Waals surface area contributed by atoms with Gasteiger partial charge in [0.2, 0.25) is 0 Å². The molecule has 0 atom stereocenters. The molecule has 3 aromatic rings. The highest BCUT2D eigenvalue weighted by atomic mass is 19.1. The summed E-state index contributed by atoms with van der Waals surface area (Å²) >= 11 is 0. The van der Waals surface area contributed by atoms with Gasteiger partial charge in [-0.15, -0.1) is 0 Å². The van der Waals surface area contributed by atoms with Crippen LogP contribution in [0.5, 0.6) is 0 Å². The monoisotopic (exact) mass is 352 g/mol. The summed E-state index contributed by atoms with van der Waals surface area (Å²) in [6, 6.07) is 16.9. The quantitative estimate of drug-likeness (QED) is 0.662. The topological polar surface area (TPSA) is 59.5 Å². The molecule has 0 saturated heterocycles. The number of benzene rings is 2. The van der Waals surface area contributed by atoms with Crippen molar-refractivity contribution in [3.05, 3.63) is 77.7 Å². The molecule has 3 rings (SSSR count). The Hall–Kier alpha value is -3.28. The van der Waals surface area contributed by atoms with Gasteiger partial charge in [-0.05, 0) is 18.2 Å². The molecule has 0 radical (unpaired) electrons. The number of aromatic nitrogens is 1. The highest BCUT2D eigenvalue weighted by Crippen LogP contribution is 2.13. The SMILES string of the molecule is CN(Cc1ccccc1F)C(=O)COC(=O)c1ccc2ccccc2n1. The molecule has 0 bridgehead atoms. The van der Waals surface area contributed by atoms with Crippen LogP contribution < -0.4 is 0 Å². The maximum atomic E-state index is 13.6. The molecule has 0 unspecified atom stereocenters. The second kappa shape index (κ2) is 7.74. The van der Waals surface area contributed by atoms with Gasteiger partial charge in [-0.1, -0.05) is 42.5 Å². The number of halogens is 1. The molecule has 0 aliphatic carbocycles. The van der Waals surface area contributed by atoms with Gasteiger partial charge in [-0.2, -0.15) is 0 Å². The molecule has 0 aliphatic heterocycles. The van der Waals surface area contributed by atoms with E-state index in [0.29, 0.717) is 11.1 Å². The van der Waals surface area contributed by atoms with Crippen LogP contribution in [0.25, 0.3) is 10.9 Å². The van der Waals surface area contributed by atoms with Crippen LogP contribution in [0.1, 0.15) is 16.1 Å². The Balaban J connectivity index is 1.59. The largest absolute Gasteiger partial charge is 0.451 e. The van der Waals surface area contributed by atoms with Crippen LogP contribution in [0.4, 0.5) is 4.39 Å². The fourth-order valence-corrected chi connectivity index (χ4v) is 2.46. The number of hydrogen-bond donors (Lipinski definition) is 0. The van der Waals surface area contributed by atoms with Crippen molar-refractivity contribution in [2.24, 2.45) is 0 Å². The molecule has 0 spiro atoms. The standard InChI is InChI=1S/C20H17FN2O3/c1-23(12-15-7-2-4-8-16(15)21)19(24)13-26-20(25)18-11-10-14-6-3-5-9-17(14)22-18/h2-11H,12-13H2,1H3. The number of nitrogens with zero attached hydrogens (tertiary/aromatic N) is 2. The van der Waals surface area contributed by atoms with E-state index in [0.717, 1.165) is 5.39 Å². The third-order valence-electron chi connectivity index (χ3n) is 3.93. The Morgan fingerprint density at radius 1 is 1.04 bits per heavy atom. The molecular weight excluding hydrogens is 335 g/mol. The minimum atomic E-state index is -0.677. The van der Waals surface area contributed by atoms with Crippen molar-refractivity contribution in [1.82, 2.24) is 9.88 Å². The van der Waals surface area contributed by atoms with Gasteiger partial charge < -0.3 is 9.64 Å². The third-order valence-corrected chi connectivity index (χ3v) is 3.93. The van der Waals surface area contributed by atoms with Gasteiger partial charge in [-0.3, -0.25) is 4.79 Å². The molecular formula is C20H17FN2O3. The van der Waals surface area contributed by atoms with E-state index >= 15 is 0 Å². The fourth-order valence-electron chi connectivity index (χ4n) is 2.46. The number of fused-ring (bicyclic) bond motifs is 1. The average molecular weight is 352 g/mol. The van der Waals surface area contributed by atoms with E-state index in [1.54, 1.807) is 36.4 Å². The van der Waals surface area contributed by atoms with Crippen LogP contribution in [0, 0.1) is 5.82 Å². The van der Waals surface area contributed by atoms with E-state index in [-0.39, 0.29) is 18.1 Å². The predicted molar refractivity (Wildman–Crippen MR) is 94.9 cm³/mol. The van der Waals surface area contributed by atoms with Crippen molar-refractivity contribution >= 4 is 22.8 Å². The second-order valence-electron chi connectivity index (χ2n) is 5.81. The Morgan fingerprint density at radius 3 is 2.58 bits per heavy atom. The second-order valence-corrected chi connectivity index (χ2v) is 5.81. The fraction of sp³-hybridized carbons (Fsp3) is 0.150. The summed E-state index contributed by atoms with van der Waals surface area (Å²) in [7, 11) is 1.52. The number of likely N-dealkylation sites (N-methyl/N-ethyl adjacent to an activating group) is 1. The normalized spacial score (nSPS) is 10.5. The Labute approximate surface area is 150 Å². The first kappa shape index (κ1) is 17.5. The summed E-state index contributed by atoms with van der Waals surface area (Å²) < 4.78 is 18.7. The molecule has 0 saturated carbocycles. The lowest BCUT2D eigenvalue weighted by Gasteiger charge is -2.17. The number of rotatable bonds is 5. The van der Waals surface area contributed by atoms with E-state index in [2.05, 4.69) is 4.98 Å².